The van der Waals surface area contributed by atoms with Crippen molar-refractivity contribution in [1.29, 1.82) is 0 Å². The Bertz CT molecular complexity index is 446. The van der Waals surface area contributed by atoms with E-state index in [4.69, 9.17) is 9.47 Å². The lowest BCUT2D eigenvalue weighted by Gasteiger charge is -2.20. The van der Waals surface area contributed by atoms with Gasteiger partial charge in [-0.3, -0.25) is 4.79 Å². The molecule has 0 N–H and O–H groups in total. The molecule has 1 aliphatic rings. The van der Waals surface area contributed by atoms with Gasteiger partial charge in [-0.1, -0.05) is 44.0 Å². The molecule has 3 unspecified atom stereocenters. The summed E-state index contributed by atoms with van der Waals surface area (Å²) in [6.45, 7) is 1.81. The van der Waals surface area contributed by atoms with Gasteiger partial charge < -0.3 is 9.47 Å². The quantitative estimate of drug-likeness (QED) is 0.758. The molecule has 1 fully saturated rings. The van der Waals surface area contributed by atoms with Crippen LogP contribution in [0.25, 0.3) is 0 Å². The molecule has 1 saturated heterocycles. The van der Waals surface area contributed by atoms with Crippen molar-refractivity contribution in [3.63, 3.8) is 0 Å². The third-order valence-electron chi connectivity index (χ3n) is 3.12. The molecule has 0 radical (unpaired) electrons. The number of hydrogen-bond donors (Lipinski definition) is 0. The first-order valence-corrected chi connectivity index (χ1v) is 7.61. The van der Waals surface area contributed by atoms with Crippen LogP contribution in [0.3, 0.4) is 0 Å². The maximum absolute atomic E-state index is 12.1. The smallest absolute Gasteiger partial charge is 0.181 e. The van der Waals surface area contributed by atoms with Crippen LogP contribution in [0.2, 0.25) is 0 Å². The van der Waals surface area contributed by atoms with Crippen molar-refractivity contribution < 1.29 is 14.3 Å². The van der Waals surface area contributed by atoms with Crippen LogP contribution in [0.1, 0.15) is 18.6 Å². The second kappa shape index (κ2) is 5.31. The van der Waals surface area contributed by atoms with Crippen molar-refractivity contribution in [3.8, 4) is 5.75 Å². The first-order valence-electron chi connectivity index (χ1n) is 5.58. The Labute approximate surface area is 123 Å². The van der Waals surface area contributed by atoms with Crippen molar-refractivity contribution in [3.05, 3.63) is 29.8 Å². The second-order valence-corrected chi connectivity index (χ2v) is 5.99. The number of methoxy groups -OCH3 is 1. The minimum Gasteiger partial charge on any atom is -0.497 e. The second-order valence-electron chi connectivity index (χ2n) is 4.44. The van der Waals surface area contributed by atoms with Gasteiger partial charge in [-0.05, 0) is 24.6 Å². The van der Waals surface area contributed by atoms with E-state index >= 15 is 0 Å². The Hall–Kier alpha value is -0.390. The van der Waals surface area contributed by atoms with E-state index < -0.39 is 5.60 Å². The molecule has 98 valence electrons. The third kappa shape index (κ3) is 2.36. The zero-order valence-corrected chi connectivity index (χ0v) is 13.3. The summed E-state index contributed by atoms with van der Waals surface area (Å²) in [6, 6.07) is 7.58. The van der Waals surface area contributed by atoms with Gasteiger partial charge in [0.25, 0.3) is 0 Å². The van der Waals surface area contributed by atoms with Crippen LogP contribution in [0.4, 0.5) is 0 Å². The topological polar surface area (TPSA) is 35.5 Å². The number of rotatable bonds is 3. The molecule has 0 spiro atoms. The molecule has 3 atom stereocenters. The number of carbonyl (C=O) groups excluding carboxylic acids is 1. The largest absolute Gasteiger partial charge is 0.497 e. The Morgan fingerprint density at radius 1 is 1.39 bits per heavy atom. The van der Waals surface area contributed by atoms with Gasteiger partial charge in [-0.25, -0.2) is 0 Å². The average Bonchev–Trinajstić information content (AvgIpc) is 2.64. The fourth-order valence-corrected chi connectivity index (χ4v) is 3.26. The van der Waals surface area contributed by atoms with Gasteiger partial charge in [-0.15, -0.1) is 0 Å². The van der Waals surface area contributed by atoms with Crippen molar-refractivity contribution in [2.75, 3.05) is 12.4 Å². The van der Waals surface area contributed by atoms with Gasteiger partial charge in [0, 0.05) is 5.33 Å². The van der Waals surface area contributed by atoms with E-state index in [9.17, 15) is 4.79 Å². The number of carbonyl (C=O) groups is 1. The molecular formula is C13H14Br2O3. The summed E-state index contributed by atoms with van der Waals surface area (Å²) < 4.78 is 11.0. The number of ether oxygens (including phenoxy) is 2. The molecule has 0 bridgehead atoms. The zero-order chi connectivity index (χ0) is 13.3. The molecular weight excluding hydrogens is 364 g/mol. The average molecular weight is 378 g/mol. The zero-order valence-electron chi connectivity index (χ0n) is 10.2. The number of benzene rings is 1. The molecule has 0 aromatic heterocycles. The van der Waals surface area contributed by atoms with Crippen LogP contribution in [0.15, 0.2) is 24.3 Å². The van der Waals surface area contributed by atoms with E-state index in [-0.39, 0.29) is 16.7 Å². The lowest BCUT2D eigenvalue weighted by atomic mass is 10.0. The van der Waals surface area contributed by atoms with Crippen molar-refractivity contribution in [2.24, 2.45) is 0 Å². The van der Waals surface area contributed by atoms with Crippen LogP contribution < -0.4 is 4.74 Å². The van der Waals surface area contributed by atoms with E-state index in [0.29, 0.717) is 5.33 Å². The van der Waals surface area contributed by atoms with Gasteiger partial charge >= 0.3 is 0 Å². The molecule has 0 amide bonds. The molecule has 5 heteroatoms. The molecule has 2 rings (SSSR count). The summed E-state index contributed by atoms with van der Waals surface area (Å²) >= 11 is 6.77. The van der Waals surface area contributed by atoms with Gasteiger partial charge in [-0.2, -0.15) is 0 Å². The van der Waals surface area contributed by atoms with E-state index in [1.54, 1.807) is 7.11 Å². The lowest BCUT2D eigenvalue weighted by molar-refractivity contribution is -0.128. The number of alkyl halides is 2. The minimum absolute atomic E-state index is 0.0696. The van der Waals surface area contributed by atoms with Crippen LogP contribution >= 0.6 is 31.9 Å². The minimum atomic E-state index is -0.765. The summed E-state index contributed by atoms with van der Waals surface area (Å²) in [5, 5.41) is 0.494. The predicted molar refractivity (Wildman–Crippen MR) is 76.7 cm³/mol. The molecule has 3 nitrogen and oxygen atoms in total. The standard InChI is InChI=1S/C13H14Br2O3/c1-13(7-14)12(16)10(15)11(18-13)8-3-5-9(17-2)6-4-8/h3-6,10-11H,7H2,1-2H3. The molecule has 0 aliphatic carbocycles. The molecule has 1 heterocycles. The molecule has 1 aromatic carbocycles. The van der Waals surface area contributed by atoms with Gasteiger partial charge in [0.15, 0.2) is 5.78 Å². The molecule has 18 heavy (non-hydrogen) atoms. The van der Waals surface area contributed by atoms with Gasteiger partial charge in [0.1, 0.15) is 22.3 Å². The fourth-order valence-electron chi connectivity index (χ4n) is 1.96. The fraction of sp³-hybridized carbons (Fsp3) is 0.462. The van der Waals surface area contributed by atoms with Crippen LogP contribution in [-0.2, 0) is 9.53 Å². The van der Waals surface area contributed by atoms with Crippen molar-refractivity contribution in [1.82, 2.24) is 0 Å². The first-order chi connectivity index (χ1) is 8.51. The van der Waals surface area contributed by atoms with E-state index in [2.05, 4.69) is 31.9 Å². The summed E-state index contributed by atoms with van der Waals surface area (Å²) in [5.41, 5.74) is 0.203. The summed E-state index contributed by atoms with van der Waals surface area (Å²) in [7, 11) is 1.62. The van der Waals surface area contributed by atoms with Crippen LogP contribution in [0.5, 0.6) is 5.75 Å². The maximum atomic E-state index is 12.1. The van der Waals surface area contributed by atoms with Gasteiger partial charge in [0.2, 0.25) is 0 Å². The Balaban J connectivity index is 2.26. The number of halogens is 2. The van der Waals surface area contributed by atoms with E-state index in [0.717, 1.165) is 11.3 Å². The van der Waals surface area contributed by atoms with Crippen molar-refractivity contribution >= 4 is 37.6 Å². The normalized spacial score (nSPS) is 31.7. The lowest BCUT2D eigenvalue weighted by Crippen LogP contribution is -2.35. The monoisotopic (exact) mass is 376 g/mol. The first kappa shape index (κ1) is 14.0. The summed E-state index contributed by atoms with van der Waals surface area (Å²) in [4.78, 5) is 11.8. The SMILES string of the molecule is COc1ccc(C2OC(C)(CBr)C(=O)C2Br)cc1. The van der Waals surface area contributed by atoms with E-state index in [1.807, 2.05) is 31.2 Å². The summed E-state index contributed by atoms with van der Waals surface area (Å²) in [6.07, 6.45) is -0.258. The van der Waals surface area contributed by atoms with Gasteiger partial charge in [0.05, 0.1) is 7.11 Å². The maximum Gasteiger partial charge on any atom is 0.181 e. The highest BCUT2D eigenvalue weighted by molar-refractivity contribution is 9.10. The highest BCUT2D eigenvalue weighted by Crippen LogP contribution is 2.42. The molecule has 1 aromatic rings. The Kier molecular flexibility index (Phi) is 4.14. The Morgan fingerprint density at radius 2 is 2.00 bits per heavy atom. The third-order valence-corrected chi connectivity index (χ3v) is 5.09. The van der Waals surface area contributed by atoms with Crippen LogP contribution in [0, 0.1) is 0 Å². The highest BCUT2D eigenvalue weighted by Gasteiger charge is 2.50. The molecule has 0 saturated carbocycles. The summed E-state index contributed by atoms with van der Waals surface area (Å²) in [5.74, 6) is 0.859. The number of Topliss-reactive ketones (excluding diaryl/α,β-unsaturated/α-hetero) is 1. The van der Waals surface area contributed by atoms with Crippen molar-refractivity contribution in [2.45, 2.75) is 23.5 Å². The highest BCUT2D eigenvalue weighted by atomic mass is 79.9. The predicted octanol–water partition coefficient (Wildman–Crippen LogP) is 3.25. The van der Waals surface area contributed by atoms with Crippen LogP contribution in [-0.4, -0.2) is 28.7 Å². The molecule has 1 aliphatic heterocycles. The number of ketones is 1. The van der Waals surface area contributed by atoms with E-state index in [1.165, 1.54) is 0 Å². The Morgan fingerprint density at radius 3 is 2.44 bits per heavy atom. The number of hydrogen-bond acceptors (Lipinski definition) is 3.